The molecule has 0 aliphatic carbocycles. The average molecular weight is 1100 g/mol. The van der Waals surface area contributed by atoms with Gasteiger partial charge in [0.2, 0.25) is 0 Å². The zero-order chi connectivity index (χ0) is 57.1. The van der Waals surface area contributed by atoms with Crippen LogP contribution in [0.15, 0.2) is 109 Å². The van der Waals surface area contributed by atoms with E-state index in [1.54, 1.807) is 0 Å². The van der Waals surface area contributed by atoms with Crippen LogP contribution < -0.4 is 0 Å². The molecule has 0 aliphatic heterocycles. The number of hydrogen-bond acceptors (Lipinski definition) is 6. The van der Waals surface area contributed by atoms with Crippen molar-refractivity contribution in [3.63, 3.8) is 0 Å². The van der Waals surface area contributed by atoms with Gasteiger partial charge in [-0.3, -0.25) is 14.4 Å². The summed E-state index contributed by atoms with van der Waals surface area (Å²) in [5.74, 6) is -0.892. The standard InChI is InChI=1S/C73H124O6/c1-4-7-10-13-16-19-22-25-27-29-30-31-32-33-34-35-36-37-38-39-40-41-42-44-45-48-51-54-57-60-63-66-72(75)78-69-70(68-77-71(74)65-62-59-56-53-50-47-24-21-18-15-12-9-6-3)79-73(76)67-64-61-58-55-52-49-46-43-28-26-23-20-17-14-11-8-5-2/h7,10,12,15-16,19,21,24-25,27,30-31,33-34,36-37,39-40,70H,4-6,8-9,11,13-14,17-18,20,22-23,26,28-29,32,35,38,41-69H2,1-3H3/b10-7-,15-12-,19-16-,24-21-,27-25-,31-30-,34-33-,37-36-,40-39-. The minimum atomic E-state index is -0.786. The van der Waals surface area contributed by atoms with Crippen LogP contribution in [0.2, 0.25) is 0 Å². The number of carbonyl (C=O) groups is 3. The van der Waals surface area contributed by atoms with Crippen LogP contribution in [0.1, 0.15) is 316 Å². The Balaban J connectivity index is 4.28. The number of hydrogen-bond donors (Lipinski definition) is 0. The molecule has 1 atom stereocenters. The Morgan fingerprint density at radius 3 is 0.823 bits per heavy atom. The Morgan fingerprint density at radius 1 is 0.266 bits per heavy atom. The summed E-state index contributed by atoms with van der Waals surface area (Å²) in [6.07, 6.45) is 91.0. The summed E-state index contributed by atoms with van der Waals surface area (Å²) in [6.45, 7) is 6.47. The molecule has 0 heterocycles. The van der Waals surface area contributed by atoms with E-state index in [-0.39, 0.29) is 31.1 Å². The second-order valence-electron chi connectivity index (χ2n) is 22.0. The summed E-state index contributed by atoms with van der Waals surface area (Å²) in [5, 5.41) is 0. The molecular weight excluding hydrogens is 973 g/mol. The van der Waals surface area contributed by atoms with Crippen LogP contribution >= 0.6 is 0 Å². The normalized spacial score (nSPS) is 12.8. The van der Waals surface area contributed by atoms with Gasteiger partial charge in [0.05, 0.1) is 0 Å². The molecule has 79 heavy (non-hydrogen) atoms. The van der Waals surface area contributed by atoms with Crippen molar-refractivity contribution in [1.82, 2.24) is 0 Å². The van der Waals surface area contributed by atoms with E-state index in [1.807, 2.05) is 0 Å². The molecule has 452 valence electrons. The molecule has 0 amide bonds. The summed E-state index contributed by atoms with van der Waals surface area (Å²) in [7, 11) is 0. The van der Waals surface area contributed by atoms with Crippen molar-refractivity contribution >= 4 is 17.9 Å². The predicted octanol–water partition coefficient (Wildman–Crippen LogP) is 23.0. The molecule has 0 saturated carbocycles. The molecule has 1 unspecified atom stereocenters. The van der Waals surface area contributed by atoms with Crippen molar-refractivity contribution in [1.29, 1.82) is 0 Å². The van der Waals surface area contributed by atoms with E-state index in [2.05, 4.69) is 130 Å². The Kier molecular flexibility index (Phi) is 63.3. The van der Waals surface area contributed by atoms with Crippen LogP contribution in [0.4, 0.5) is 0 Å². The molecule has 0 N–H and O–H groups in total. The van der Waals surface area contributed by atoms with Gasteiger partial charge in [-0.25, -0.2) is 0 Å². The largest absolute Gasteiger partial charge is 0.462 e. The molecule has 0 fully saturated rings. The number of unbranched alkanes of at least 4 members (excludes halogenated alkanes) is 31. The average Bonchev–Trinajstić information content (AvgIpc) is 3.45. The molecule has 0 radical (unpaired) electrons. The zero-order valence-corrected chi connectivity index (χ0v) is 51.9. The fourth-order valence-corrected chi connectivity index (χ4v) is 9.29. The third kappa shape index (κ3) is 64.8. The lowest BCUT2D eigenvalue weighted by molar-refractivity contribution is -0.167. The van der Waals surface area contributed by atoms with E-state index in [1.165, 1.54) is 135 Å². The number of rotatable bonds is 60. The first-order valence-corrected chi connectivity index (χ1v) is 33.4. The molecule has 0 rings (SSSR count). The first-order chi connectivity index (χ1) is 39.0. The monoisotopic (exact) mass is 1100 g/mol. The van der Waals surface area contributed by atoms with Crippen molar-refractivity contribution in [2.75, 3.05) is 13.2 Å². The Bertz CT molecular complexity index is 1590. The topological polar surface area (TPSA) is 78.9 Å². The van der Waals surface area contributed by atoms with Crippen molar-refractivity contribution < 1.29 is 28.6 Å². The quantitative estimate of drug-likeness (QED) is 0.0261. The summed E-state index contributed by atoms with van der Waals surface area (Å²) in [5.41, 5.74) is 0. The smallest absolute Gasteiger partial charge is 0.306 e. The third-order valence-electron chi connectivity index (χ3n) is 14.2. The Morgan fingerprint density at radius 2 is 0.519 bits per heavy atom. The van der Waals surface area contributed by atoms with Crippen molar-refractivity contribution in [2.45, 2.75) is 322 Å². The number of ether oxygens (including phenoxy) is 3. The highest BCUT2D eigenvalue weighted by Gasteiger charge is 2.19. The van der Waals surface area contributed by atoms with Gasteiger partial charge in [0.1, 0.15) is 13.2 Å². The Hall–Kier alpha value is -3.93. The SMILES string of the molecule is CC/C=C\C/C=C\C/C=C\C/C=C\C/C=C\C/C=C\C/C=C\CCCCCCCCCCCC(=O)OCC(COC(=O)CCCCCCC/C=C\C/C=C\CCC)OC(=O)CCCCCCCCCCCCCCCCCCC. The molecule has 0 bridgehead atoms. The molecular formula is C73H124O6. The van der Waals surface area contributed by atoms with Gasteiger partial charge in [-0.2, -0.15) is 0 Å². The minimum Gasteiger partial charge on any atom is -0.462 e. The maximum Gasteiger partial charge on any atom is 0.306 e. The van der Waals surface area contributed by atoms with E-state index in [4.69, 9.17) is 14.2 Å². The van der Waals surface area contributed by atoms with E-state index < -0.39 is 6.10 Å². The van der Waals surface area contributed by atoms with E-state index in [0.717, 1.165) is 141 Å². The first kappa shape index (κ1) is 75.1. The summed E-state index contributed by atoms with van der Waals surface area (Å²) in [4.78, 5) is 38.3. The molecule has 6 heteroatoms. The van der Waals surface area contributed by atoms with Crippen molar-refractivity contribution in [3.8, 4) is 0 Å². The maximum absolute atomic E-state index is 12.9. The molecule has 0 aromatic heterocycles. The molecule has 0 spiro atoms. The minimum absolute atomic E-state index is 0.0837. The van der Waals surface area contributed by atoms with E-state index in [9.17, 15) is 14.4 Å². The van der Waals surface area contributed by atoms with E-state index >= 15 is 0 Å². The number of esters is 3. The summed E-state index contributed by atoms with van der Waals surface area (Å²) < 4.78 is 16.9. The highest BCUT2D eigenvalue weighted by molar-refractivity contribution is 5.71. The predicted molar refractivity (Wildman–Crippen MR) is 343 cm³/mol. The van der Waals surface area contributed by atoms with Crippen LogP contribution in [0, 0.1) is 0 Å². The van der Waals surface area contributed by atoms with Crippen LogP contribution in [0.5, 0.6) is 0 Å². The molecule has 0 aromatic rings. The van der Waals surface area contributed by atoms with Crippen LogP contribution in [0.3, 0.4) is 0 Å². The number of allylic oxidation sites excluding steroid dienone is 18. The maximum atomic E-state index is 12.9. The van der Waals surface area contributed by atoms with Crippen LogP contribution in [-0.2, 0) is 28.6 Å². The highest BCUT2D eigenvalue weighted by atomic mass is 16.6. The third-order valence-corrected chi connectivity index (χ3v) is 14.2. The van der Waals surface area contributed by atoms with Gasteiger partial charge in [-0.05, 0) is 103 Å². The molecule has 6 nitrogen and oxygen atoms in total. The molecule has 0 aromatic carbocycles. The fraction of sp³-hybridized carbons (Fsp3) is 0.712. The molecule has 0 aliphatic rings. The lowest BCUT2D eigenvalue weighted by Crippen LogP contribution is -2.30. The van der Waals surface area contributed by atoms with Crippen molar-refractivity contribution in [2.24, 2.45) is 0 Å². The van der Waals surface area contributed by atoms with Gasteiger partial charge in [0.15, 0.2) is 6.10 Å². The van der Waals surface area contributed by atoms with Gasteiger partial charge in [-0.1, -0.05) is 304 Å². The molecule has 0 saturated heterocycles. The number of carbonyl (C=O) groups excluding carboxylic acids is 3. The lowest BCUT2D eigenvalue weighted by atomic mass is 10.0. The lowest BCUT2D eigenvalue weighted by Gasteiger charge is -2.18. The summed E-state index contributed by atoms with van der Waals surface area (Å²) in [6, 6.07) is 0. The fourth-order valence-electron chi connectivity index (χ4n) is 9.29. The van der Waals surface area contributed by atoms with Crippen LogP contribution in [0.25, 0.3) is 0 Å². The van der Waals surface area contributed by atoms with Gasteiger partial charge >= 0.3 is 17.9 Å². The Labute approximate surface area is 489 Å². The first-order valence-electron chi connectivity index (χ1n) is 33.4. The van der Waals surface area contributed by atoms with Gasteiger partial charge < -0.3 is 14.2 Å². The highest BCUT2D eigenvalue weighted by Crippen LogP contribution is 2.17. The van der Waals surface area contributed by atoms with Crippen molar-refractivity contribution in [3.05, 3.63) is 109 Å². The van der Waals surface area contributed by atoms with Crippen LogP contribution in [-0.4, -0.2) is 37.2 Å². The van der Waals surface area contributed by atoms with Gasteiger partial charge in [0, 0.05) is 19.3 Å². The zero-order valence-electron chi connectivity index (χ0n) is 51.9. The van der Waals surface area contributed by atoms with Gasteiger partial charge in [-0.15, -0.1) is 0 Å². The summed E-state index contributed by atoms with van der Waals surface area (Å²) >= 11 is 0. The van der Waals surface area contributed by atoms with Gasteiger partial charge in [0.25, 0.3) is 0 Å². The second-order valence-corrected chi connectivity index (χ2v) is 22.0. The second kappa shape index (κ2) is 66.6. The van der Waals surface area contributed by atoms with E-state index in [0.29, 0.717) is 19.3 Å².